The molecule has 0 radical (unpaired) electrons. The van der Waals surface area contributed by atoms with E-state index in [1.165, 1.54) is 0 Å². The predicted molar refractivity (Wildman–Crippen MR) is 89.6 cm³/mol. The van der Waals surface area contributed by atoms with Gasteiger partial charge in [0.25, 0.3) is 0 Å². The number of aliphatic hydroxyl groups excluding tert-OH is 1. The molecule has 134 valence electrons. The van der Waals surface area contributed by atoms with Gasteiger partial charge in [-0.1, -0.05) is 18.2 Å². The second-order valence-electron chi connectivity index (χ2n) is 5.47. The standard InChI is InChI=1S/C16H20N4O5/c17-6-14(22)19-13(8-21)15(23)20-12(16(24)25)5-9-7-18-11-4-2-1-3-10(9)11/h1-4,7,12-13,18,21H,5-6,8,17H2,(H,19,22)(H,20,23)(H,24,25). The molecule has 0 aliphatic heterocycles. The van der Waals surface area contributed by atoms with Crippen LogP contribution < -0.4 is 16.4 Å². The van der Waals surface area contributed by atoms with Gasteiger partial charge in [-0.15, -0.1) is 0 Å². The first-order valence-corrected chi connectivity index (χ1v) is 7.64. The van der Waals surface area contributed by atoms with Crippen molar-refractivity contribution in [2.45, 2.75) is 18.5 Å². The van der Waals surface area contributed by atoms with Gasteiger partial charge >= 0.3 is 5.97 Å². The molecule has 0 spiro atoms. The molecule has 1 aromatic carbocycles. The minimum atomic E-state index is -1.26. The Labute approximate surface area is 143 Å². The molecular formula is C16H20N4O5. The fourth-order valence-corrected chi connectivity index (χ4v) is 2.44. The highest BCUT2D eigenvalue weighted by molar-refractivity contribution is 5.91. The van der Waals surface area contributed by atoms with Gasteiger partial charge < -0.3 is 31.6 Å². The summed E-state index contributed by atoms with van der Waals surface area (Å²) in [6.45, 7) is -1.02. The Hall–Kier alpha value is -2.91. The van der Waals surface area contributed by atoms with Crippen molar-refractivity contribution >= 4 is 28.7 Å². The lowest BCUT2D eigenvalue weighted by Gasteiger charge is -2.19. The van der Waals surface area contributed by atoms with E-state index in [0.29, 0.717) is 0 Å². The number of carbonyl (C=O) groups is 3. The third-order valence-corrected chi connectivity index (χ3v) is 3.73. The maximum Gasteiger partial charge on any atom is 0.326 e. The number of para-hydroxylation sites is 1. The molecule has 0 fully saturated rings. The average Bonchev–Trinajstić information content (AvgIpc) is 3.01. The summed E-state index contributed by atoms with van der Waals surface area (Å²) in [6, 6.07) is 4.91. The normalized spacial score (nSPS) is 13.2. The lowest BCUT2D eigenvalue weighted by atomic mass is 10.0. The summed E-state index contributed by atoms with van der Waals surface area (Å²) >= 11 is 0. The van der Waals surface area contributed by atoms with Crippen molar-refractivity contribution in [3.05, 3.63) is 36.0 Å². The number of benzene rings is 1. The van der Waals surface area contributed by atoms with Crippen LogP contribution in [0.1, 0.15) is 5.56 Å². The van der Waals surface area contributed by atoms with E-state index >= 15 is 0 Å². The average molecular weight is 348 g/mol. The Kier molecular flexibility index (Phi) is 6.09. The highest BCUT2D eigenvalue weighted by Crippen LogP contribution is 2.19. The number of carbonyl (C=O) groups excluding carboxylic acids is 2. The molecule has 0 aliphatic carbocycles. The van der Waals surface area contributed by atoms with Crippen molar-refractivity contribution in [1.29, 1.82) is 0 Å². The summed E-state index contributed by atoms with van der Waals surface area (Å²) in [7, 11) is 0. The number of nitrogens with one attached hydrogen (secondary N) is 3. The highest BCUT2D eigenvalue weighted by Gasteiger charge is 2.26. The minimum Gasteiger partial charge on any atom is -0.480 e. The number of aromatic amines is 1. The van der Waals surface area contributed by atoms with Crippen LogP contribution in [0.5, 0.6) is 0 Å². The van der Waals surface area contributed by atoms with Crippen LogP contribution in [0.4, 0.5) is 0 Å². The highest BCUT2D eigenvalue weighted by atomic mass is 16.4. The minimum absolute atomic E-state index is 0.0497. The molecular weight excluding hydrogens is 328 g/mol. The maximum absolute atomic E-state index is 12.1. The topological polar surface area (TPSA) is 158 Å². The van der Waals surface area contributed by atoms with Crippen LogP contribution in [0.3, 0.4) is 0 Å². The molecule has 25 heavy (non-hydrogen) atoms. The molecule has 7 N–H and O–H groups in total. The first-order valence-electron chi connectivity index (χ1n) is 7.64. The maximum atomic E-state index is 12.1. The van der Waals surface area contributed by atoms with Crippen LogP contribution in [0, 0.1) is 0 Å². The SMILES string of the molecule is NCC(=O)NC(CO)C(=O)NC(Cc1c[nH]c2ccccc12)C(=O)O. The number of hydrogen-bond acceptors (Lipinski definition) is 5. The molecule has 9 heteroatoms. The van der Waals surface area contributed by atoms with Crippen molar-refractivity contribution in [2.24, 2.45) is 5.73 Å². The molecule has 0 bridgehead atoms. The van der Waals surface area contributed by atoms with E-state index in [-0.39, 0.29) is 13.0 Å². The number of aliphatic carboxylic acids is 1. The number of nitrogens with two attached hydrogens (primary N) is 1. The zero-order chi connectivity index (χ0) is 18.4. The summed E-state index contributed by atoms with van der Waals surface area (Å²) in [5, 5.41) is 24.0. The molecule has 0 saturated carbocycles. The fraction of sp³-hybridized carbons (Fsp3) is 0.312. The van der Waals surface area contributed by atoms with E-state index in [4.69, 9.17) is 5.73 Å². The van der Waals surface area contributed by atoms with E-state index in [9.17, 15) is 24.6 Å². The van der Waals surface area contributed by atoms with Gasteiger partial charge in [-0.3, -0.25) is 9.59 Å². The molecule has 2 rings (SSSR count). The van der Waals surface area contributed by atoms with Crippen molar-refractivity contribution < 1.29 is 24.6 Å². The Balaban J connectivity index is 2.11. The van der Waals surface area contributed by atoms with E-state index < -0.39 is 36.5 Å². The Morgan fingerprint density at radius 1 is 1.16 bits per heavy atom. The van der Waals surface area contributed by atoms with Gasteiger partial charge in [-0.05, 0) is 11.6 Å². The van der Waals surface area contributed by atoms with Crippen molar-refractivity contribution in [2.75, 3.05) is 13.2 Å². The number of fused-ring (bicyclic) bond motifs is 1. The van der Waals surface area contributed by atoms with Crippen LogP contribution in [-0.4, -0.2) is 58.2 Å². The molecule has 2 aromatic rings. The number of carboxylic acid groups (broad SMARTS) is 1. The Morgan fingerprint density at radius 2 is 1.88 bits per heavy atom. The van der Waals surface area contributed by atoms with Gasteiger partial charge in [0.2, 0.25) is 11.8 Å². The zero-order valence-corrected chi connectivity index (χ0v) is 13.4. The van der Waals surface area contributed by atoms with Crippen LogP contribution in [0.15, 0.2) is 30.5 Å². The summed E-state index contributed by atoms with van der Waals surface area (Å²) in [5.74, 6) is -2.64. The number of aromatic nitrogens is 1. The molecule has 0 aliphatic rings. The Bertz CT molecular complexity index is 773. The molecule has 0 saturated heterocycles. The van der Waals surface area contributed by atoms with Gasteiger partial charge in [-0.25, -0.2) is 4.79 Å². The van der Waals surface area contributed by atoms with E-state index in [0.717, 1.165) is 16.5 Å². The van der Waals surface area contributed by atoms with Gasteiger partial charge in [0.05, 0.1) is 13.2 Å². The lowest BCUT2D eigenvalue weighted by molar-refractivity contribution is -0.142. The molecule has 2 unspecified atom stereocenters. The summed E-state index contributed by atoms with van der Waals surface area (Å²) in [5.41, 5.74) is 6.73. The van der Waals surface area contributed by atoms with Gasteiger partial charge in [0.1, 0.15) is 12.1 Å². The second kappa shape index (κ2) is 8.27. The fourth-order valence-electron chi connectivity index (χ4n) is 2.44. The van der Waals surface area contributed by atoms with Gasteiger partial charge in [-0.2, -0.15) is 0 Å². The van der Waals surface area contributed by atoms with Crippen LogP contribution in [-0.2, 0) is 20.8 Å². The first kappa shape index (κ1) is 18.4. The van der Waals surface area contributed by atoms with Gasteiger partial charge in [0, 0.05) is 23.5 Å². The number of aliphatic hydroxyl groups is 1. The quantitative estimate of drug-likeness (QED) is 0.348. The number of rotatable bonds is 8. The number of H-pyrrole nitrogens is 1. The molecule has 2 amide bonds. The smallest absolute Gasteiger partial charge is 0.326 e. The molecule has 2 atom stereocenters. The van der Waals surface area contributed by atoms with Crippen molar-refractivity contribution in [3.63, 3.8) is 0 Å². The van der Waals surface area contributed by atoms with Crippen LogP contribution >= 0.6 is 0 Å². The summed E-state index contributed by atoms with van der Waals surface area (Å²) in [4.78, 5) is 37.9. The molecule has 1 heterocycles. The summed E-state index contributed by atoms with van der Waals surface area (Å²) < 4.78 is 0. The third-order valence-electron chi connectivity index (χ3n) is 3.73. The van der Waals surface area contributed by atoms with Gasteiger partial charge in [0.15, 0.2) is 0 Å². The van der Waals surface area contributed by atoms with Crippen LogP contribution in [0.25, 0.3) is 10.9 Å². The Morgan fingerprint density at radius 3 is 2.52 bits per heavy atom. The van der Waals surface area contributed by atoms with Crippen molar-refractivity contribution in [1.82, 2.24) is 15.6 Å². The number of carboxylic acids is 1. The molecule has 9 nitrogen and oxygen atoms in total. The number of amides is 2. The largest absolute Gasteiger partial charge is 0.480 e. The first-order chi connectivity index (χ1) is 12.0. The van der Waals surface area contributed by atoms with E-state index in [1.54, 1.807) is 6.20 Å². The monoisotopic (exact) mass is 348 g/mol. The number of hydrogen-bond donors (Lipinski definition) is 6. The van der Waals surface area contributed by atoms with Crippen molar-refractivity contribution in [3.8, 4) is 0 Å². The second-order valence-corrected chi connectivity index (χ2v) is 5.47. The summed E-state index contributed by atoms with van der Waals surface area (Å²) in [6.07, 6.45) is 1.74. The van der Waals surface area contributed by atoms with E-state index in [2.05, 4.69) is 15.6 Å². The lowest BCUT2D eigenvalue weighted by Crippen LogP contribution is -2.54. The predicted octanol–water partition coefficient (Wildman–Crippen LogP) is -1.28. The third kappa shape index (κ3) is 4.55. The van der Waals surface area contributed by atoms with E-state index in [1.807, 2.05) is 24.3 Å². The zero-order valence-electron chi connectivity index (χ0n) is 13.4. The molecule has 1 aromatic heterocycles. The van der Waals surface area contributed by atoms with Crippen LogP contribution in [0.2, 0.25) is 0 Å².